The molecule has 17 heavy (non-hydrogen) atoms. The van der Waals surface area contributed by atoms with Crippen LogP contribution in [-0.4, -0.2) is 30.6 Å². The maximum absolute atomic E-state index is 5.99. The molecule has 0 spiro atoms. The van der Waals surface area contributed by atoms with Crippen molar-refractivity contribution in [3.8, 4) is 0 Å². The molecule has 102 valence electrons. The summed E-state index contributed by atoms with van der Waals surface area (Å²) in [6.45, 7) is 12.7. The molecule has 0 radical (unpaired) electrons. The van der Waals surface area contributed by atoms with Crippen LogP contribution in [-0.2, 0) is 0 Å². The first kappa shape index (κ1) is 15.0. The van der Waals surface area contributed by atoms with Crippen molar-refractivity contribution in [3.63, 3.8) is 0 Å². The van der Waals surface area contributed by atoms with Gasteiger partial charge in [0.05, 0.1) is 0 Å². The maximum atomic E-state index is 5.99. The smallest absolute Gasteiger partial charge is 0.0243 e. The lowest BCUT2D eigenvalue weighted by atomic mass is 9.77. The normalized spacial score (nSPS) is 24.5. The van der Waals surface area contributed by atoms with Gasteiger partial charge in [-0.2, -0.15) is 0 Å². The third kappa shape index (κ3) is 3.96. The van der Waals surface area contributed by atoms with E-state index in [9.17, 15) is 0 Å². The van der Waals surface area contributed by atoms with Crippen LogP contribution in [0.4, 0.5) is 0 Å². The van der Waals surface area contributed by atoms with Crippen molar-refractivity contribution in [2.75, 3.05) is 19.6 Å². The summed E-state index contributed by atoms with van der Waals surface area (Å²) in [6, 6.07) is 0.608. The van der Waals surface area contributed by atoms with Gasteiger partial charge in [-0.1, -0.05) is 40.5 Å². The predicted octanol–water partition coefficient (Wildman–Crippen LogP) is 3.26. The van der Waals surface area contributed by atoms with Gasteiger partial charge in [0.2, 0.25) is 0 Å². The van der Waals surface area contributed by atoms with Crippen molar-refractivity contribution in [2.45, 2.75) is 65.8 Å². The van der Waals surface area contributed by atoms with Gasteiger partial charge in [0.1, 0.15) is 0 Å². The summed E-state index contributed by atoms with van der Waals surface area (Å²) in [4.78, 5) is 2.65. The van der Waals surface area contributed by atoms with Gasteiger partial charge in [-0.25, -0.2) is 0 Å². The molecule has 0 aromatic carbocycles. The van der Waals surface area contributed by atoms with E-state index in [1.54, 1.807) is 0 Å². The number of rotatable bonds is 6. The summed E-state index contributed by atoms with van der Waals surface area (Å²) in [5.74, 6) is 0.746. The van der Waals surface area contributed by atoms with Crippen molar-refractivity contribution >= 4 is 0 Å². The Morgan fingerprint density at radius 1 is 1.24 bits per heavy atom. The Kier molecular flexibility index (Phi) is 5.94. The summed E-state index contributed by atoms with van der Waals surface area (Å²) in [5, 5.41) is 0. The Morgan fingerprint density at radius 2 is 1.82 bits per heavy atom. The summed E-state index contributed by atoms with van der Waals surface area (Å²) in [6.07, 6.45) is 6.60. The van der Waals surface area contributed by atoms with Crippen LogP contribution in [0.3, 0.4) is 0 Å². The monoisotopic (exact) mass is 240 g/mol. The second kappa shape index (κ2) is 6.75. The number of nitrogens with zero attached hydrogens (tertiary/aromatic N) is 1. The molecule has 2 unspecified atom stereocenters. The van der Waals surface area contributed by atoms with E-state index in [1.165, 1.54) is 45.2 Å². The van der Waals surface area contributed by atoms with Gasteiger partial charge in [-0.15, -0.1) is 0 Å². The largest absolute Gasteiger partial charge is 0.329 e. The molecule has 1 heterocycles. The fourth-order valence-corrected chi connectivity index (χ4v) is 3.14. The van der Waals surface area contributed by atoms with Gasteiger partial charge in [0.15, 0.2) is 0 Å². The van der Waals surface area contributed by atoms with Crippen LogP contribution < -0.4 is 5.73 Å². The van der Waals surface area contributed by atoms with E-state index in [0.29, 0.717) is 11.5 Å². The number of likely N-dealkylation sites (tertiary alicyclic amines) is 1. The molecular weight excluding hydrogens is 208 g/mol. The number of hydrogen-bond acceptors (Lipinski definition) is 2. The third-order valence-electron chi connectivity index (χ3n) is 4.97. The molecule has 0 bridgehead atoms. The third-order valence-corrected chi connectivity index (χ3v) is 4.97. The van der Waals surface area contributed by atoms with Crippen molar-refractivity contribution in [3.05, 3.63) is 0 Å². The van der Waals surface area contributed by atoms with Crippen LogP contribution >= 0.6 is 0 Å². The second-order valence-electron chi connectivity index (χ2n) is 6.27. The molecular formula is C15H32N2. The Balaban J connectivity index is 2.50. The topological polar surface area (TPSA) is 29.3 Å². The average molecular weight is 240 g/mol. The first-order chi connectivity index (χ1) is 8.06. The molecule has 0 aliphatic carbocycles. The lowest BCUT2D eigenvalue weighted by Gasteiger charge is -2.44. The highest BCUT2D eigenvalue weighted by Crippen LogP contribution is 2.35. The Bertz CT molecular complexity index is 207. The van der Waals surface area contributed by atoms with E-state index in [0.717, 1.165) is 12.5 Å². The molecule has 2 heteroatoms. The molecule has 1 rings (SSSR count). The van der Waals surface area contributed by atoms with Crippen LogP contribution in [0.5, 0.6) is 0 Å². The molecule has 1 fully saturated rings. The van der Waals surface area contributed by atoms with Gasteiger partial charge < -0.3 is 5.73 Å². The van der Waals surface area contributed by atoms with Gasteiger partial charge in [0.25, 0.3) is 0 Å². The molecule has 1 aliphatic heterocycles. The van der Waals surface area contributed by atoms with E-state index in [-0.39, 0.29) is 0 Å². The van der Waals surface area contributed by atoms with Crippen molar-refractivity contribution < 1.29 is 0 Å². The van der Waals surface area contributed by atoms with Gasteiger partial charge in [0, 0.05) is 12.6 Å². The van der Waals surface area contributed by atoms with E-state index in [4.69, 9.17) is 5.73 Å². The summed E-state index contributed by atoms with van der Waals surface area (Å²) >= 11 is 0. The van der Waals surface area contributed by atoms with Gasteiger partial charge >= 0.3 is 0 Å². The lowest BCUT2D eigenvalue weighted by Crippen LogP contribution is -2.50. The fraction of sp³-hybridized carbons (Fsp3) is 1.00. The van der Waals surface area contributed by atoms with Gasteiger partial charge in [-0.05, 0) is 43.7 Å². The molecule has 0 aromatic heterocycles. The first-order valence-electron chi connectivity index (χ1n) is 7.50. The lowest BCUT2D eigenvalue weighted by molar-refractivity contribution is 0.0609. The number of piperidine rings is 1. The zero-order chi connectivity index (χ0) is 12.9. The standard InChI is InChI=1S/C15H32N2/c1-5-7-13(3)14(12-16)17-10-8-15(4,6-2)9-11-17/h13-14H,5-12,16H2,1-4H3. The van der Waals surface area contributed by atoms with E-state index < -0.39 is 0 Å². The van der Waals surface area contributed by atoms with Crippen LogP contribution in [0.25, 0.3) is 0 Å². The molecule has 1 aliphatic rings. The molecule has 0 amide bonds. The summed E-state index contributed by atoms with van der Waals surface area (Å²) in [7, 11) is 0. The number of nitrogens with two attached hydrogens (primary N) is 1. The zero-order valence-electron chi connectivity index (χ0n) is 12.3. The van der Waals surface area contributed by atoms with Crippen molar-refractivity contribution in [1.82, 2.24) is 4.90 Å². The minimum atomic E-state index is 0.587. The van der Waals surface area contributed by atoms with Crippen LogP contribution in [0.15, 0.2) is 0 Å². The van der Waals surface area contributed by atoms with Crippen molar-refractivity contribution in [2.24, 2.45) is 17.1 Å². The molecule has 1 saturated heterocycles. The van der Waals surface area contributed by atoms with Crippen LogP contribution in [0.2, 0.25) is 0 Å². The highest BCUT2D eigenvalue weighted by molar-refractivity contribution is 4.86. The Morgan fingerprint density at radius 3 is 2.24 bits per heavy atom. The predicted molar refractivity (Wildman–Crippen MR) is 76.1 cm³/mol. The average Bonchev–Trinajstić information content (AvgIpc) is 2.33. The van der Waals surface area contributed by atoms with Gasteiger partial charge in [-0.3, -0.25) is 4.90 Å². The molecule has 2 nitrogen and oxygen atoms in total. The minimum absolute atomic E-state index is 0.587. The molecule has 0 aromatic rings. The van der Waals surface area contributed by atoms with E-state index in [2.05, 4.69) is 32.6 Å². The van der Waals surface area contributed by atoms with Crippen LogP contribution in [0, 0.1) is 11.3 Å². The highest BCUT2D eigenvalue weighted by atomic mass is 15.2. The zero-order valence-corrected chi connectivity index (χ0v) is 12.3. The summed E-state index contributed by atoms with van der Waals surface area (Å²) < 4.78 is 0. The SMILES string of the molecule is CCCC(C)C(CN)N1CCC(C)(CC)CC1. The quantitative estimate of drug-likeness (QED) is 0.772. The maximum Gasteiger partial charge on any atom is 0.0243 e. The summed E-state index contributed by atoms with van der Waals surface area (Å²) in [5.41, 5.74) is 6.58. The fourth-order valence-electron chi connectivity index (χ4n) is 3.14. The molecule has 2 atom stereocenters. The second-order valence-corrected chi connectivity index (χ2v) is 6.27. The number of hydrogen-bond donors (Lipinski definition) is 1. The molecule has 2 N–H and O–H groups in total. The molecule has 0 saturated carbocycles. The minimum Gasteiger partial charge on any atom is -0.329 e. The highest BCUT2D eigenvalue weighted by Gasteiger charge is 2.32. The Hall–Kier alpha value is -0.0800. The van der Waals surface area contributed by atoms with Crippen molar-refractivity contribution in [1.29, 1.82) is 0 Å². The van der Waals surface area contributed by atoms with E-state index in [1.807, 2.05) is 0 Å². The van der Waals surface area contributed by atoms with Crippen LogP contribution in [0.1, 0.15) is 59.8 Å². The first-order valence-corrected chi connectivity index (χ1v) is 7.50. The Labute approximate surface area is 108 Å². The van der Waals surface area contributed by atoms with E-state index >= 15 is 0 Å².